The minimum Gasteiger partial charge on any atom is -0.299 e. The van der Waals surface area contributed by atoms with Crippen LogP contribution in [0.3, 0.4) is 0 Å². The molecule has 1 nitrogen and oxygen atoms in total. The SMILES string of the molecule is C[C@@H]1CC([C@@H]2C[C@@H]3CC[C@@H]2C3)C[C@@H](C)C1=O. The molecule has 0 aromatic carbocycles. The summed E-state index contributed by atoms with van der Waals surface area (Å²) in [5.74, 6) is 5.15. The van der Waals surface area contributed by atoms with E-state index in [2.05, 4.69) is 13.8 Å². The lowest BCUT2D eigenvalue weighted by atomic mass is 9.67. The second-order valence-corrected chi connectivity index (χ2v) is 6.77. The lowest BCUT2D eigenvalue weighted by Crippen LogP contribution is -2.34. The molecule has 3 fully saturated rings. The number of fused-ring (bicyclic) bond motifs is 2. The Hall–Kier alpha value is -0.330. The van der Waals surface area contributed by atoms with Gasteiger partial charge in [-0.05, 0) is 55.8 Å². The number of Topliss-reactive ketones (excluding diaryl/α,β-unsaturated/α-hetero) is 1. The number of rotatable bonds is 1. The van der Waals surface area contributed by atoms with Gasteiger partial charge in [-0.2, -0.15) is 0 Å². The van der Waals surface area contributed by atoms with Crippen molar-refractivity contribution in [3.05, 3.63) is 0 Å². The zero-order chi connectivity index (χ0) is 11.3. The van der Waals surface area contributed by atoms with E-state index in [4.69, 9.17) is 0 Å². The summed E-state index contributed by atoms with van der Waals surface area (Å²) >= 11 is 0. The van der Waals surface area contributed by atoms with Gasteiger partial charge in [0.15, 0.2) is 0 Å². The van der Waals surface area contributed by atoms with Crippen molar-refractivity contribution >= 4 is 5.78 Å². The van der Waals surface area contributed by atoms with E-state index in [1.54, 1.807) is 0 Å². The van der Waals surface area contributed by atoms with Gasteiger partial charge in [-0.25, -0.2) is 0 Å². The van der Waals surface area contributed by atoms with Gasteiger partial charge in [0.1, 0.15) is 5.78 Å². The molecule has 0 aromatic heterocycles. The highest BCUT2D eigenvalue weighted by Gasteiger charge is 2.45. The molecule has 0 N–H and O–H groups in total. The predicted molar refractivity (Wildman–Crippen MR) is 65.0 cm³/mol. The summed E-state index contributed by atoms with van der Waals surface area (Å²) in [6.45, 7) is 4.30. The molecule has 16 heavy (non-hydrogen) atoms. The highest BCUT2D eigenvalue weighted by atomic mass is 16.1. The lowest BCUT2D eigenvalue weighted by Gasteiger charge is -2.37. The second kappa shape index (κ2) is 3.85. The van der Waals surface area contributed by atoms with E-state index in [0.717, 1.165) is 23.7 Å². The van der Waals surface area contributed by atoms with Crippen molar-refractivity contribution < 1.29 is 4.79 Å². The smallest absolute Gasteiger partial charge is 0.138 e. The molecule has 0 amide bonds. The van der Waals surface area contributed by atoms with Gasteiger partial charge in [-0.15, -0.1) is 0 Å². The van der Waals surface area contributed by atoms with Crippen molar-refractivity contribution in [2.75, 3.05) is 0 Å². The van der Waals surface area contributed by atoms with E-state index in [1.807, 2.05) is 0 Å². The van der Waals surface area contributed by atoms with E-state index in [1.165, 1.54) is 38.5 Å². The van der Waals surface area contributed by atoms with Crippen LogP contribution in [0.5, 0.6) is 0 Å². The standard InChI is InChI=1S/C15H24O/c1-9-5-13(6-10(2)15(9)16)14-8-11-3-4-12(14)7-11/h9-14H,3-8H2,1-2H3/t9-,10-,11-,12-,14-/m1/s1. The van der Waals surface area contributed by atoms with Gasteiger partial charge in [0.25, 0.3) is 0 Å². The van der Waals surface area contributed by atoms with Crippen LogP contribution in [0.25, 0.3) is 0 Å². The Balaban J connectivity index is 1.69. The van der Waals surface area contributed by atoms with Gasteiger partial charge < -0.3 is 0 Å². The molecule has 3 saturated carbocycles. The van der Waals surface area contributed by atoms with Crippen LogP contribution in [0.2, 0.25) is 0 Å². The average Bonchev–Trinajstić information content (AvgIpc) is 2.86. The zero-order valence-corrected chi connectivity index (χ0v) is 10.6. The topological polar surface area (TPSA) is 17.1 Å². The molecule has 5 atom stereocenters. The van der Waals surface area contributed by atoms with Crippen molar-refractivity contribution in [3.8, 4) is 0 Å². The highest BCUT2D eigenvalue weighted by molar-refractivity contribution is 5.83. The third-order valence-corrected chi connectivity index (χ3v) is 5.68. The normalized spacial score (nSPS) is 52.2. The fraction of sp³-hybridized carbons (Fsp3) is 0.933. The van der Waals surface area contributed by atoms with Crippen LogP contribution in [-0.2, 0) is 4.79 Å². The van der Waals surface area contributed by atoms with Gasteiger partial charge in [0.05, 0.1) is 0 Å². The van der Waals surface area contributed by atoms with Crippen LogP contribution in [0, 0.1) is 35.5 Å². The number of ketones is 1. The van der Waals surface area contributed by atoms with Crippen LogP contribution in [0.15, 0.2) is 0 Å². The quantitative estimate of drug-likeness (QED) is 0.659. The van der Waals surface area contributed by atoms with Crippen LogP contribution in [-0.4, -0.2) is 5.78 Å². The Morgan fingerprint density at radius 1 is 0.875 bits per heavy atom. The molecule has 0 aromatic rings. The number of carbonyl (C=O) groups is 1. The Bertz CT molecular complexity index is 282. The Morgan fingerprint density at radius 2 is 1.56 bits per heavy atom. The Morgan fingerprint density at radius 3 is 2.06 bits per heavy atom. The minimum absolute atomic E-state index is 0.341. The van der Waals surface area contributed by atoms with E-state index in [0.29, 0.717) is 17.6 Å². The first kappa shape index (κ1) is 10.8. The van der Waals surface area contributed by atoms with Gasteiger partial charge >= 0.3 is 0 Å². The van der Waals surface area contributed by atoms with Crippen molar-refractivity contribution in [2.24, 2.45) is 35.5 Å². The van der Waals surface area contributed by atoms with Gasteiger partial charge in [-0.1, -0.05) is 20.3 Å². The van der Waals surface area contributed by atoms with E-state index in [9.17, 15) is 4.79 Å². The van der Waals surface area contributed by atoms with E-state index < -0.39 is 0 Å². The maximum Gasteiger partial charge on any atom is 0.138 e. The molecule has 0 unspecified atom stereocenters. The molecule has 3 aliphatic carbocycles. The summed E-state index contributed by atoms with van der Waals surface area (Å²) in [5.41, 5.74) is 0. The van der Waals surface area contributed by atoms with Crippen molar-refractivity contribution in [2.45, 2.75) is 52.4 Å². The molecule has 90 valence electrons. The molecule has 0 heterocycles. The third kappa shape index (κ3) is 1.63. The van der Waals surface area contributed by atoms with E-state index in [-0.39, 0.29) is 0 Å². The van der Waals surface area contributed by atoms with Crippen molar-refractivity contribution in [1.29, 1.82) is 0 Å². The first-order valence-electron chi connectivity index (χ1n) is 7.19. The lowest BCUT2D eigenvalue weighted by molar-refractivity contribution is -0.130. The van der Waals surface area contributed by atoms with Gasteiger partial charge in [-0.3, -0.25) is 4.79 Å². The molecule has 0 saturated heterocycles. The monoisotopic (exact) mass is 220 g/mol. The largest absolute Gasteiger partial charge is 0.299 e. The van der Waals surface area contributed by atoms with Crippen molar-refractivity contribution in [1.82, 2.24) is 0 Å². The van der Waals surface area contributed by atoms with Gasteiger partial charge in [0.2, 0.25) is 0 Å². The molecular weight excluding hydrogens is 196 g/mol. The second-order valence-electron chi connectivity index (χ2n) is 6.77. The summed E-state index contributed by atoms with van der Waals surface area (Å²) in [4.78, 5) is 11.8. The fourth-order valence-electron chi connectivity index (χ4n) is 4.94. The number of hydrogen-bond acceptors (Lipinski definition) is 1. The summed E-state index contributed by atoms with van der Waals surface area (Å²) in [6.07, 6.45) is 8.37. The molecule has 0 radical (unpaired) electrons. The van der Waals surface area contributed by atoms with Gasteiger partial charge in [0, 0.05) is 11.8 Å². The van der Waals surface area contributed by atoms with Crippen molar-refractivity contribution in [3.63, 3.8) is 0 Å². The summed E-state index contributed by atoms with van der Waals surface area (Å²) in [6, 6.07) is 0. The summed E-state index contributed by atoms with van der Waals surface area (Å²) in [7, 11) is 0. The molecule has 1 heteroatoms. The maximum absolute atomic E-state index is 11.8. The first-order chi connectivity index (χ1) is 7.65. The minimum atomic E-state index is 0.341. The van der Waals surface area contributed by atoms with Crippen LogP contribution >= 0.6 is 0 Å². The molecule has 3 aliphatic rings. The molecule has 0 spiro atoms. The number of carbonyl (C=O) groups excluding carboxylic acids is 1. The molecule has 3 rings (SSSR count). The maximum atomic E-state index is 11.8. The molecule has 2 bridgehead atoms. The van der Waals surface area contributed by atoms with Crippen LogP contribution in [0.4, 0.5) is 0 Å². The Kier molecular flexibility index (Phi) is 2.60. The third-order valence-electron chi connectivity index (χ3n) is 5.68. The molecule has 0 aliphatic heterocycles. The van der Waals surface area contributed by atoms with Crippen LogP contribution in [0.1, 0.15) is 52.4 Å². The van der Waals surface area contributed by atoms with E-state index >= 15 is 0 Å². The Labute approximate surface area is 99.0 Å². The predicted octanol–water partition coefficient (Wildman–Crippen LogP) is 3.67. The molecular formula is C15H24O. The fourth-order valence-corrected chi connectivity index (χ4v) is 4.94. The highest BCUT2D eigenvalue weighted by Crippen LogP contribution is 2.54. The zero-order valence-electron chi connectivity index (χ0n) is 10.6. The first-order valence-corrected chi connectivity index (χ1v) is 7.19. The summed E-state index contributed by atoms with van der Waals surface area (Å²) < 4.78 is 0. The number of hydrogen-bond donors (Lipinski definition) is 0. The summed E-state index contributed by atoms with van der Waals surface area (Å²) in [5, 5.41) is 0. The van der Waals surface area contributed by atoms with Crippen LogP contribution < -0.4 is 0 Å². The average molecular weight is 220 g/mol.